The number of H-pyrrole nitrogens is 1. The van der Waals surface area contributed by atoms with Crippen LogP contribution in [-0.2, 0) is 24.3 Å². The lowest BCUT2D eigenvalue weighted by molar-refractivity contribution is 0.0782. The van der Waals surface area contributed by atoms with Gasteiger partial charge < -0.3 is 14.6 Å². The van der Waals surface area contributed by atoms with Gasteiger partial charge in [0.05, 0.1) is 36.2 Å². The third-order valence-corrected chi connectivity index (χ3v) is 5.41. The summed E-state index contributed by atoms with van der Waals surface area (Å²) in [5, 5.41) is 9.69. The van der Waals surface area contributed by atoms with Crippen molar-refractivity contribution in [3.63, 3.8) is 0 Å². The van der Waals surface area contributed by atoms with Gasteiger partial charge >= 0.3 is 0 Å². The summed E-state index contributed by atoms with van der Waals surface area (Å²) < 4.78 is 7.50. The molecule has 0 radical (unpaired) electrons. The van der Waals surface area contributed by atoms with E-state index in [0.29, 0.717) is 49.7 Å². The number of ether oxygens (including phenoxy) is 1. The monoisotopic (exact) mass is 407 g/mol. The van der Waals surface area contributed by atoms with Crippen LogP contribution in [0.25, 0.3) is 0 Å². The average Bonchev–Trinajstić information content (AvgIpc) is 3.44. The molecule has 0 aliphatic carbocycles. The number of hydrogen-bond donors (Lipinski definition) is 2. The summed E-state index contributed by atoms with van der Waals surface area (Å²) in [6, 6.07) is 11.5. The Bertz CT molecular complexity index is 1010. The molecule has 1 aliphatic heterocycles. The van der Waals surface area contributed by atoms with Crippen LogP contribution in [0.3, 0.4) is 0 Å². The number of hydrogen-bond acceptors (Lipinski definition) is 5. The molecule has 1 atom stereocenters. The van der Waals surface area contributed by atoms with Crippen molar-refractivity contribution >= 4 is 11.7 Å². The molecule has 3 heterocycles. The number of Topliss-reactive ketones (excluding diaryl/α,β-unsaturated/α-hetero) is 1. The number of aromatic amines is 1. The second kappa shape index (κ2) is 9.04. The smallest absolute Gasteiger partial charge is 0.253 e. The maximum Gasteiger partial charge on any atom is 0.253 e. The number of carbonyl (C=O) groups is 2. The fraction of sp³-hybridized carbons (Fsp3) is 0.364. The van der Waals surface area contributed by atoms with Crippen LogP contribution in [0.1, 0.15) is 63.7 Å². The molecule has 0 fully saturated rings. The zero-order valence-corrected chi connectivity index (χ0v) is 16.9. The first kappa shape index (κ1) is 20.0. The molecule has 2 aromatic heterocycles. The van der Waals surface area contributed by atoms with Crippen molar-refractivity contribution in [2.45, 2.75) is 45.4 Å². The Morgan fingerprint density at radius 1 is 1.30 bits per heavy atom. The molecule has 3 aromatic rings. The first-order valence-electron chi connectivity index (χ1n) is 10.2. The van der Waals surface area contributed by atoms with Crippen molar-refractivity contribution in [1.29, 1.82) is 0 Å². The van der Waals surface area contributed by atoms with Gasteiger partial charge in [-0.3, -0.25) is 14.7 Å². The van der Waals surface area contributed by atoms with Crippen LogP contribution in [0.4, 0.5) is 0 Å². The van der Waals surface area contributed by atoms with E-state index in [9.17, 15) is 9.59 Å². The molecule has 2 N–H and O–H groups in total. The van der Waals surface area contributed by atoms with Gasteiger partial charge in [-0.25, -0.2) is 4.98 Å². The van der Waals surface area contributed by atoms with E-state index >= 15 is 0 Å². The predicted molar refractivity (Wildman–Crippen MR) is 110 cm³/mol. The van der Waals surface area contributed by atoms with E-state index in [1.165, 1.54) is 6.33 Å². The van der Waals surface area contributed by atoms with Crippen molar-refractivity contribution in [1.82, 2.24) is 25.1 Å². The normalized spacial score (nSPS) is 14.2. The molecule has 30 heavy (non-hydrogen) atoms. The number of nitrogens with one attached hydrogen (secondary N) is 2. The molecule has 1 aromatic carbocycles. The van der Waals surface area contributed by atoms with E-state index < -0.39 is 0 Å². The van der Waals surface area contributed by atoms with Gasteiger partial charge in [-0.1, -0.05) is 37.3 Å². The molecule has 0 spiro atoms. The van der Waals surface area contributed by atoms with Gasteiger partial charge in [0, 0.05) is 19.4 Å². The number of carbonyl (C=O) groups excluding carboxylic acids is 2. The summed E-state index contributed by atoms with van der Waals surface area (Å²) in [6.07, 6.45) is 2.96. The van der Waals surface area contributed by atoms with Crippen LogP contribution < -0.4 is 5.32 Å². The van der Waals surface area contributed by atoms with Crippen LogP contribution in [-0.4, -0.2) is 38.0 Å². The number of amides is 1. The topological polar surface area (TPSA) is 102 Å². The van der Waals surface area contributed by atoms with Gasteiger partial charge in [-0.2, -0.15) is 5.10 Å². The molecule has 1 aliphatic rings. The third kappa shape index (κ3) is 4.18. The summed E-state index contributed by atoms with van der Waals surface area (Å²) >= 11 is 0. The lowest BCUT2D eigenvalue weighted by atomic mass is 10.0. The Kier molecular flexibility index (Phi) is 6.04. The second-order valence-corrected chi connectivity index (χ2v) is 7.29. The standard InChI is InChI=1S/C22H25N5O3/c1-2-17(15-6-4-3-5-7-15)25-22(29)16-12-18(27-10-11-30-13-19(16)27)20(28)8-9-21-23-14-24-26-21/h3-7,12,14,17H,2,8-11,13H2,1H3,(H,25,29)(H,23,24,26)/t17-/m1/s1. The highest BCUT2D eigenvalue weighted by Crippen LogP contribution is 2.24. The van der Waals surface area contributed by atoms with Crippen molar-refractivity contribution in [3.8, 4) is 0 Å². The van der Waals surface area contributed by atoms with E-state index in [-0.39, 0.29) is 17.7 Å². The van der Waals surface area contributed by atoms with Crippen LogP contribution >= 0.6 is 0 Å². The van der Waals surface area contributed by atoms with Gasteiger partial charge in [0.25, 0.3) is 5.91 Å². The zero-order valence-electron chi connectivity index (χ0n) is 16.9. The number of nitrogens with zero attached hydrogens (tertiary/aromatic N) is 3. The number of aromatic nitrogens is 4. The number of fused-ring (bicyclic) bond motifs is 1. The highest BCUT2D eigenvalue weighted by Gasteiger charge is 2.27. The summed E-state index contributed by atoms with van der Waals surface area (Å²) in [4.78, 5) is 30.1. The van der Waals surface area contributed by atoms with Gasteiger partial charge in [0.1, 0.15) is 12.2 Å². The van der Waals surface area contributed by atoms with Gasteiger partial charge in [-0.15, -0.1) is 0 Å². The van der Waals surface area contributed by atoms with E-state index in [1.54, 1.807) is 6.07 Å². The Balaban J connectivity index is 1.55. The average molecular weight is 407 g/mol. The number of benzene rings is 1. The summed E-state index contributed by atoms with van der Waals surface area (Å²) in [7, 11) is 0. The number of ketones is 1. The van der Waals surface area contributed by atoms with E-state index in [2.05, 4.69) is 20.5 Å². The Labute approximate surface area is 174 Å². The quantitative estimate of drug-likeness (QED) is 0.559. The molecular formula is C22H25N5O3. The Morgan fingerprint density at radius 3 is 2.87 bits per heavy atom. The Morgan fingerprint density at radius 2 is 2.13 bits per heavy atom. The molecule has 0 bridgehead atoms. The van der Waals surface area contributed by atoms with Crippen LogP contribution in [0.5, 0.6) is 0 Å². The summed E-state index contributed by atoms with van der Waals surface area (Å²) in [6.45, 7) is 3.43. The van der Waals surface area contributed by atoms with Crippen molar-refractivity contribution in [3.05, 3.63) is 71.1 Å². The first-order valence-corrected chi connectivity index (χ1v) is 10.2. The molecule has 0 unspecified atom stereocenters. The molecule has 0 saturated heterocycles. The van der Waals surface area contributed by atoms with Gasteiger partial charge in [-0.05, 0) is 18.1 Å². The molecule has 0 saturated carbocycles. The largest absolute Gasteiger partial charge is 0.373 e. The minimum absolute atomic E-state index is 0.0244. The van der Waals surface area contributed by atoms with Crippen LogP contribution in [0.2, 0.25) is 0 Å². The summed E-state index contributed by atoms with van der Waals surface area (Å²) in [5.41, 5.74) is 2.86. The minimum atomic E-state index is -0.186. The first-order chi connectivity index (χ1) is 14.7. The van der Waals surface area contributed by atoms with Crippen molar-refractivity contribution in [2.75, 3.05) is 6.61 Å². The van der Waals surface area contributed by atoms with E-state index in [4.69, 9.17) is 4.74 Å². The summed E-state index contributed by atoms with van der Waals surface area (Å²) in [5.74, 6) is 0.460. The highest BCUT2D eigenvalue weighted by atomic mass is 16.5. The second-order valence-electron chi connectivity index (χ2n) is 7.29. The van der Waals surface area contributed by atoms with Crippen LogP contribution in [0.15, 0.2) is 42.7 Å². The van der Waals surface area contributed by atoms with Gasteiger partial charge in [0.15, 0.2) is 5.78 Å². The van der Waals surface area contributed by atoms with Gasteiger partial charge in [0.2, 0.25) is 0 Å². The molecule has 4 rings (SSSR count). The lowest BCUT2D eigenvalue weighted by Crippen LogP contribution is -2.29. The molecule has 8 heteroatoms. The maximum absolute atomic E-state index is 13.1. The highest BCUT2D eigenvalue weighted by molar-refractivity contribution is 6.01. The zero-order chi connectivity index (χ0) is 20.9. The number of aryl methyl sites for hydroxylation is 1. The SMILES string of the molecule is CC[C@@H](NC(=O)c1cc(C(=O)CCc2ncn[nH]2)n2c1COCC2)c1ccccc1. The fourth-order valence-electron chi connectivity index (χ4n) is 3.81. The molecule has 156 valence electrons. The fourth-order valence-corrected chi connectivity index (χ4v) is 3.81. The maximum atomic E-state index is 13.1. The van der Waals surface area contributed by atoms with E-state index in [0.717, 1.165) is 17.7 Å². The number of rotatable bonds is 8. The molecular weight excluding hydrogens is 382 g/mol. The van der Waals surface area contributed by atoms with Crippen molar-refractivity contribution in [2.24, 2.45) is 0 Å². The minimum Gasteiger partial charge on any atom is -0.373 e. The molecule has 8 nitrogen and oxygen atoms in total. The lowest BCUT2D eigenvalue weighted by Gasteiger charge is -2.20. The van der Waals surface area contributed by atoms with E-state index in [1.807, 2.05) is 41.8 Å². The third-order valence-electron chi connectivity index (χ3n) is 5.41. The molecule has 1 amide bonds. The van der Waals surface area contributed by atoms with Crippen LogP contribution in [0, 0.1) is 0 Å². The van der Waals surface area contributed by atoms with Crippen molar-refractivity contribution < 1.29 is 14.3 Å². The predicted octanol–water partition coefficient (Wildman–Crippen LogP) is 2.83. The Hall–Kier alpha value is -3.26.